The Morgan fingerprint density at radius 1 is 1.33 bits per heavy atom. The normalized spacial score (nSPS) is 10.1. The maximum absolute atomic E-state index is 10.9. The van der Waals surface area contributed by atoms with Crippen molar-refractivity contribution in [2.24, 2.45) is 0 Å². The van der Waals surface area contributed by atoms with Crippen LogP contribution in [0, 0.1) is 10.1 Å². The predicted octanol–water partition coefficient (Wildman–Crippen LogP) is 2.95. The number of anilines is 1. The number of pyridine rings is 1. The Kier molecular flexibility index (Phi) is 4.34. The molecule has 1 aromatic carbocycles. The second-order valence-electron chi connectivity index (χ2n) is 4.15. The summed E-state index contributed by atoms with van der Waals surface area (Å²) in [5, 5.41) is 22.5. The van der Waals surface area contributed by atoms with E-state index in [9.17, 15) is 14.9 Å². The molecule has 0 aliphatic carbocycles. The number of hydrogen-bond acceptors (Lipinski definition) is 5. The maximum atomic E-state index is 10.9. The van der Waals surface area contributed by atoms with Crippen LogP contribution in [0.2, 0.25) is 5.15 Å². The van der Waals surface area contributed by atoms with Crippen molar-refractivity contribution < 1.29 is 14.8 Å². The summed E-state index contributed by atoms with van der Waals surface area (Å²) in [7, 11) is 0. The first-order chi connectivity index (χ1) is 9.95. The first-order valence-corrected chi connectivity index (χ1v) is 6.21. The Bertz CT molecular complexity index is 688. The van der Waals surface area contributed by atoms with Gasteiger partial charge in [0.05, 0.1) is 10.5 Å². The van der Waals surface area contributed by atoms with Crippen molar-refractivity contribution in [3.05, 3.63) is 62.8 Å². The number of aromatic nitrogens is 1. The Morgan fingerprint density at radius 2 is 2.00 bits per heavy atom. The van der Waals surface area contributed by atoms with Gasteiger partial charge in [-0.1, -0.05) is 23.7 Å². The third kappa shape index (κ3) is 3.90. The van der Waals surface area contributed by atoms with Gasteiger partial charge in [-0.05, 0) is 17.7 Å². The third-order valence-corrected chi connectivity index (χ3v) is 2.86. The zero-order chi connectivity index (χ0) is 15.4. The molecule has 21 heavy (non-hydrogen) atoms. The van der Waals surface area contributed by atoms with E-state index >= 15 is 0 Å². The van der Waals surface area contributed by atoms with E-state index in [4.69, 9.17) is 16.7 Å². The standard InChI is InChI=1S/C13H10ClN3O4/c14-11-5-9(13(18)19)6-12(16-11)15-7-8-1-3-10(4-2-8)17(20)21/h1-6H,7H2,(H,15,16)(H,18,19). The van der Waals surface area contributed by atoms with Gasteiger partial charge in [0.1, 0.15) is 11.0 Å². The Labute approximate surface area is 124 Å². The lowest BCUT2D eigenvalue weighted by atomic mass is 10.2. The SMILES string of the molecule is O=C(O)c1cc(Cl)nc(NCc2ccc([N+](=O)[O-])cc2)c1. The summed E-state index contributed by atoms with van der Waals surface area (Å²) < 4.78 is 0. The molecule has 0 spiro atoms. The first kappa shape index (κ1) is 14.7. The van der Waals surface area contributed by atoms with Crippen molar-refractivity contribution in [2.45, 2.75) is 6.54 Å². The van der Waals surface area contributed by atoms with E-state index in [2.05, 4.69) is 10.3 Å². The molecule has 0 fully saturated rings. The highest BCUT2D eigenvalue weighted by Crippen LogP contribution is 2.16. The number of carboxylic acid groups (broad SMARTS) is 1. The molecule has 108 valence electrons. The lowest BCUT2D eigenvalue weighted by molar-refractivity contribution is -0.384. The van der Waals surface area contributed by atoms with E-state index in [0.29, 0.717) is 12.4 Å². The van der Waals surface area contributed by atoms with Crippen molar-refractivity contribution in [3.63, 3.8) is 0 Å². The fraction of sp³-hybridized carbons (Fsp3) is 0.0769. The van der Waals surface area contributed by atoms with E-state index < -0.39 is 10.9 Å². The van der Waals surface area contributed by atoms with Crippen LogP contribution in [0.25, 0.3) is 0 Å². The van der Waals surface area contributed by atoms with Gasteiger partial charge < -0.3 is 10.4 Å². The van der Waals surface area contributed by atoms with E-state index in [1.54, 1.807) is 12.1 Å². The van der Waals surface area contributed by atoms with Gasteiger partial charge in [0.2, 0.25) is 0 Å². The van der Waals surface area contributed by atoms with Crippen LogP contribution in [0.1, 0.15) is 15.9 Å². The number of nitrogens with zero attached hydrogens (tertiary/aromatic N) is 2. The third-order valence-electron chi connectivity index (χ3n) is 2.66. The van der Waals surface area contributed by atoms with Crippen LogP contribution >= 0.6 is 11.6 Å². The Morgan fingerprint density at radius 3 is 2.57 bits per heavy atom. The summed E-state index contributed by atoms with van der Waals surface area (Å²) in [4.78, 5) is 24.9. The average Bonchev–Trinajstić information content (AvgIpc) is 2.45. The van der Waals surface area contributed by atoms with E-state index in [-0.39, 0.29) is 16.4 Å². The van der Waals surface area contributed by atoms with Crippen LogP contribution < -0.4 is 5.32 Å². The van der Waals surface area contributed by atoms with Gasteiger partial charge in [0.15, 0.2) is 0 Å². The van der Waals surface area contributed by atoms with Crippen LogP contribution in [-0.4, -0.2) is 21.0 Å². The highest BCUT2D eigenvalue weighted by atomic mass is 35.5. The predicted molar refractivity (Wildman–Crippen MR) is 76.6 cm³/mol. The van der Waals surface area contributed by atoms with Crippen molar-refractivity contribution in [2.75, 3.05) is 5.32 Å². The van der Waals surface area contributed by atoms with E-state index in [1.165, 1.54) is 24.3 Å². The summed E-state index contributed by atoms with van der Waals surface area (Å²) in [6, 6.07) is 8.61. The molecular formula is C13H10ClN3O4. The first-order valence-electron chi connectivity index (χ1n) is 5.84. The molecule has 0 unspecified atom stereocenters. The molecule has 0 atom stereocenters. The molecule has 0 bridgehead atoms. The topological polar surface area (TPSA) is 105 Å². The number of carbonyl (C=O) groups is 1. The molecule has 1 aromatic heterocycles. The fourth-order valence-corrected chi connectivity index (χ4v) is 1.85. The molecular weight excluding hydrogens is 298 g/mol. The van der Waals surface area contributed by atoms with Crippen molar-refractivity contribution >= 4 is 29.1 Å². The monoisotopic (exact) mass is 307 g/mol. The van der Waals surface area contributed by atoms with E-state index in [1.807, 2.05) is 0 Å². The van der Waals surface area contributed by atoms with Gasteiger partial charge in [0.25, 0.3) is 5.69 Å². The average molecular weight is 308 g/mol. The van der Waals surface area contributed by atoms with Gasteiger partial charge in [-0.15, -0.1) is 0 Å². The second kappa shape index (κ2) is 6.19. The fourth-order valence-electron chi connectivity index (χ4n) is 1.64. The molecule has 0 saturated carbocycles. The van der Waals surface area contributed by atoms with Crippen LogP contribution in [0.4, 0.5) is 11.5 Å². The quantitative estimate of drug-likeness (QED) is 0.500. The molecule has 0 aliphatic rings. The van der Waals surface area contributed by atoms with Crippen molar-refractivity contribution in [3.8, 4) is 0 Å². The molecule has 2 aromatic rings. The highest BCUT2D eigenvalue weighted by molar-refractivity contribution is 6.29. The second-order valence-corrected chi connectivity index (χ2v) is 4.53. The molecule has 1 heterocycles. The van der Waals surface area contributed by atoms with Crippen LogP contribution in [0.3, 0.4) is 0 Å². The zero-order valence-corrected chi connectivity index (χ0v) is 11.4. The summed E-state index contributed by atoms with van der Waals surface area (Å²) >= 11 is 5.74. The molecule has 2 N–H and O–H groups in total. The smallest absolute Gasteiger partial charge is 0.335 e. The molecule has 0 aliphatic heterocycles. The van der Waals surface area contributed by atoms with Crippen LogP contribution in [0.15, 0.2) is 36.4 Å². The summed E-state index contributed by atoms with van der Waals surface area (Å²) in [6.45, 7) is 0.338. The largest absolute Gasteiger partial charge is 0.478 e. The van der Waals surface area contributed by atoms with Crippen LogP contribution in [-0.2, 0) is 6.54 Å². The number of aromatic carboxylic acids is 1. The number of hydrogen-bond donors (Lipinski definition) is 2. The number of benzene rings is 1. The minimum atomic E-state index is -1.10. The molecule has 0 radical (unpaired) electrons. The van der Waals surface area contributed by atoms with Gasteiger partial charge in [-0.3, -0.25) is 10.1 Å². The number of non-ortho nitro benzene ring substituents is 1. The number of rotatable bonds is 5. The summed E-state index contributed by atoms with van der Waals surface area (Å²) in [5.74, 6) is -0.782. The van der Waals surface area contributed by atoms with E-state index in [0.717, 1.165) is 5.56 Å². The number of halogens is 1. The number of carboxylic acids is 1. The Balaban J connectivity index is 2.09. The van der Waals surface area contributed by atoms with Gasteiger partial charge in [-0.25, -0.2) is 9.78 Å². The maximum Gasteiger partial charge on any atom is 0.335 e. The summed E-state index contributed by atoms with van der Waals surface area (Å²) in [6.07, 6.45) is 0. The zero-order valence-electron chi connectivity index (χ0n) is 10.6. The lowest BCUT2D eigenvalue weighted by Crippen LogP contribution is -2.04. The minimum Gasteiger partial charge on any atom is -0.478 e. The molecule has 0 saturated heterocycles. The highest BCUT2D eigenvalue weighted by Gasteiger charge is 2.08. The Hall–Kier alpha value is -2.67. The minimum absolute atomic E-state index is 0.00722. The number of nitrogens with one attached hydrogen (secondary N) is 1. The van der Waals surface area contributed by atoms with Gasteiger partial charge in [0, 0.05) is 18.7 Å². The van der Waals surface area contributed by atoms with Crippen molar-refractivity contribution in [1.82, 2.24) is 4.98 Å². The van der Waals surface area contributed by atoms with Gasteiger partial charge >= 0.3 is 5.97 Å². The molecule has 0 amide bonds. The van der Waals surface area contributed by atoms with Crippen LogP contribution in [0.5, 0.6) is 0 Å². The lowest BCUT2D eigenvalue weighted by Gasteiger charge is -2.07. The van der Waals surface area contributed by atoms with Gasteiger partial charge in [-0.2, -0.15) is 0 Å². The molecule has 8 heteroatoms. The number of nitro benzene ring substituents is 1. The summed E-state index contributed by atoms with van der Waals surface area (Å²) in [5.41, 5.74) is 0.827. The van der Waals surface area contributed by atoms with Crippen molar-refractivity contribution in [1.29, 1.82) is 0 Å². The molecule has 2 rings (SSSR count). The number of nitro groups is 1. The molecule has 7 nitrogen and oxygen atoms in total.